The molecule has 4 nitrogen and oxygen atoms in total. The summed E-state index contributed by atoms with van der Waals surface area (Å²) in [7, 11) is 0. The van der Waals surface area contributed by atoms with Crippen LogP contribution >= 0.6 is 23.2 Å². The summed E-state index contributed by atoms with van der Waals surface area (Å²) in [5.74, 6) is 2.66. The topological polar surface area (TPSA) is 40.5 Å². The molecule has 6 heteroatoms. The monoisotopic (exact) mass is 507 g/mol. The van der Waals surface area contributed by atoms with Gasteiger partial charge in [0.25, 0.3) is 0 Å². The molecule has 1 fully saturated rings. The normalized spacial score (nSPS) is 13.9. The molecular formula is C29H27Cl2NO3. The first-order valence-electron chi connectivity index (χ1n) is 12.0. The molecule has 1 aliphatic carbocycles. The van der Waals surface area contributed by atoms with Gasteiger partial charge in [-0.2, -0.15) is 0 Å². The molecule has 0 bridgehead atoms. The zero-order valence-corrected chi connectivity index (χ0v) is 20.9. The molecule has 0 amide bonds. The SMILES string of the molecule is O=C(c1ccc(OCCCCl)cc1)c1cn(C2CCCC2)c2ccc(Oc3ccc(Cl)cc3)cc12. The smallest absolute Gasteiger partial charge is 0.195 e. The Labute approximate surface area is 215 Å². The number of carbonyl (C=O) groups is 1. The van der Waals surface area contributed by atoms with E-state index in [1.54, 1.807) is 12.1 Å². The Morgan fingerprint density at radius 1 is 0.914 bits per heavy atom. The van der Waals surface area contributed by atoms with Gasteiger partial charge in [0.15, 0.2) is 5.78 Å². The molecule has 3 aromatic carbocycles. The summed E-state index contributed by atoms with van der Waals surface area (Å²) in [4.78, 5) is 13.6. The predicted molar refractivity (Wildman–Crippen MR) is 142 cm³/mol. The van der Waals surface area contributed by atoms with Crippen LogP contribution < -0.4 is 9.47 Å². The van der Waals surface area contributed by atoms with E-state index in [9.17, 15) is 4.79 Å². The third-order valence-corrected chi connectivity index (χ3v) is 7.00. The first kappa shape index (κ1) is 23.8. The fourth-order valence-corrected chi connectivity index (χ4v) is 4.94. The van der Waals surface area contributed by atoms with Crippen LogP contribution in [0.1, 0.15) is 54.1 Å². The van der Waals surface area contributed by atoms with Crippen molar-refractivity contribution in [1.29, 1.82) is 0 Å². The average Bonchev–Trinajstić information content (AvgIpc) is 3.54. The quantitative estimate of drug-likeness (QED) is 0.129. The first-order valence-corrected chi connectivity index (χ1v) is 12.9. The van der Waals surface area contributed by atoms with E-state index in [0.717, 1.165) is 35.9 Å². The van der Waals surface area contributed by atoms with Crippen LogP contribution in [0, 0.1) is 0 Å². The Kier molecular flexibility index (Phi) is 7.31. The number of hydrogen-bond donors (Lipinski definition) is 0. The molecule has 180 valence electrons. The van der Waals surface area contributed by atoms with Crippen molar-refractivity contribution in [2.45, 2.75) is 38.1 Å². The number of ketones is 1. The van der Waals surface area contributed by atoms with Crippen LogP contribution in [0.25, 0.3) is 10.9 Å². The summed E-state index contributed by atoms with van der Waals surface area (Å²) in [5, 5.41) is 1.56. The minimum absolute atomic E-state index is 0.0114. The molecule has 35 heavy (non-hydrogen) atoms. The number of fused-ring (bicyclic) bond motifs is 1. The van der Waals surface area contributed by atoms with Gasteiger partial charge >= 0.3 is 0 Å². The molecule has 1 heterocycles. The van der Waals surface area contributed by atoms with E-state index in [4.69, 9.17) is 32.7 Å². The second kappa shape index (κ2) is 10.8. The zero-order valence-electron chi connectivity index (χ0n) is 19.4. The number of alkyl halides is 1. The number of carbonyl (C=O) groups excluding carboxylic acids is 1. The number of rotatable bonds is 9. The van der Waals surface area contributed by atoms with E-state index in [0.29, 0.717) is 46.2 Å². The van der Waals surface area contributed by atoms with E-state index in [1.165, 1.54) is 12.8 Å². The van der Waals surface area contributed by atoms with Crippen molar-refractivity contribution in [2.24, 2.45) is 0 Å². The van der Waals surface area contributed by atoms with Crippen LogP contribution in [0.4, 0.5) is 0 Å². The van der Waals surface area contributed by atoms with Crippen LogP contribution in [-0.4, -0.2) is 22.8 Å². The fraction of sp³-hybridized carbons (Fsp3) is 0.276. The largest absolute Gasteiger partial charge is 0.494 e. The molecule has 0 radical (unpaired) electrons. The Bertz CT molecular complexity index is 1310. The van der Waals surface area contributed by atoms with Gasteiger partial charge < -0.3 is 14.0 Å². The van der Waals surface area contributed by atoms with Crippen molar-refractivity contribution in [3.8, 4) is 17.2 Å². The van der Waals surface area contributed by atoms with E-state index < -0.39 is 0 Å². The van der Waals surface area contributed by atoms with E-state index in [1.807, 2.05) is 54.7 Å². The lowest BCUT2D eigenvalue weighted by molar-refractivity contribution is 0.104. The zero-order chi connectivity index (χ0) is 24.2. The Hall–Kier alpha value is -2.95. The van der Waals surface area contributed by atoms with Gasteiger partial charge in [-0.25, -0.2) is 0 Å². The molecule has 1 saturated carbocycles. The highest BCUT2D eigenvalue weighted by atomic mass is 35.5. The summed E-state index contributed by atoms with van der Waals surface area (Å²) >= 11 is 11.7. The third-order valence-electron chi connectivity index (χ3n) is 6.48. The first-order chi connectivity index (χ1) is 17.1. The minimum atomic E-state index is -0.0114. The number of hydrogen-bond acceptors (Lipinski definition) is 3. The van der Waals surface area contributed by atoms with E-state index in [-0.39, 0.29) is 5.78 Å². The average molecular weight is 508 g/mol. The number of benzene rings is 3. The van der Waals surface area contributed by atoms with Gasteiger partial charge in [-0.15, -0.1) is 11.6 Å². The van der Waals surface area contributed by atoms with Gasteiger partial charge in [0.1, 0.15) is 17.2 Å². The van der Waals surface area contributed by atoms with Crippen molar-refractivity contribution in [2.75, 3.05) is 12.5 Å². The van der Waals surface area contributed by atoms with Gasteiger partial charge in [0, 0.05) is 45.2 Å². The highest BCUT2D eigenvalue weighted by molar-refractivity contribution is 6.30. The lowest BCUT2D eigenvalue weighted by Crippen LogP contribution is -2.04. The summed E-state index contributed by atoms with van der Waals surface area (Å²) in [6.07, 6.45) is 7.51. The number of ether oxygens (including phenoxy) is 2. The lowest BCUT2D eigenvalue weighted by atomic mass is 10.0. The predicted octanol–water partition coefficient (Wildman–Crippen LogP) is 8.44. The second-order valence-corrected chi connectivity index (χ2v) is 9.68. The molecule has 0 N–H and O–H groups in total. The van der Waals surface area contributed by atoms with Gasteiger partial charge in [0.2, 0.25) is 0 Å². The summed E-state index contributed by atoms with van der Waals surface area (Å²) in [6.45, 7) is 0.558. The van der Waals surface area contributed by atoms with Crippen LogP contribution in [0.15, 0.2) is 72.9 Å². The van der Waals surface area contributed by atoms with E-state index >= 15 is 0 Å². The molecule has 0 aliphatic heterocycles. The van der Waals surface area contributed by atoms with Crippen molar-refractivity contribution < 1.29 is 14.3 Å². The Morgan fingerprint density at radius 3 is 2.31 bits per heavy atom. The van der Waals surface area contributed by atoms with Crippen LogP contribution in [-0.2, 0) is 0 Å². The van der Waals surface area contributed by atoms with Crippen molar-refractivity contribution in [1.82, 2.24) is 4.57 Å². The second-order valence-electron chi connectivity index (χ2n) is 8.87. The van der Waals surface area contributed by atoms with Crippen molar-refractivity contribution in [3.05, 3.63) is 89.1 Å². The summed E-state index contributed by atoms with van der Waals surface area (Å²) in [6, 6.07) is 21.0. The van der Waals surface area contributed by atoms with Gasteiger partial charge in [0.05, 0.1) is 6.61 Å². The summed E-state index contributed by atoms with van der Waals surface area (Å²) < 4.78 is 14.0. The maximum atomic E-state index is 13.6. The van der Waals surface area contributed by atoms with Gasteiger partial charge in [-0.05, 0) is 86.0 Å². The third kappa shape index (κ3) is 5.34. The lowest BCUT2D eigenvalue weighted by Gasteiger charge is -2.13. The molecule has 0 unspecified atom stereocenters. The highest BCUT2D eigenvalue weighted by Crippen LogP contribution is 2.37. The number of halogens is 2. The fourth-order valence-electron chi connectivity index (χ4n) is 4.70. The molecule has 0 spiro atoms. The Balaban J connectivity index is 1.48. The molecule has 5 rings (SSSR count). The van der Waals surface area contributed by atoms with E-state index in [2.05, 4.69) is 10.6 Å². The number of aromatic nitrogens is 1. The molecule has 1 aliphatic rings. The molecular weight excluding hydrogens is 481 g/mol. The maximum Gasteiger partial charge on any atom is 0.195 e. The highest BCUT2D eigenvalue weighted by Gasteiger charge is 2.23. The van der Waals surface area contributed by atoms with Crippen LogP contribution in [0.5, 0.6) is 17.2 Å². The summed E-state index contributed by atoms with van der Waals surface area (Å²) in [5.41, 5.74) is 2.37. The molecule has 0 saturated heterocycles. The Morgan fingerprint density at radius 2 is 1.60 bits per heavy atom. The van der Waals surface area contributed by atoms with Crippen molar-refractivity contribution >= 4 is 39.9 Å². The molecule has 1 aromatic heterocycles. The van der Waals surface area contributed by atoms with Gasteiger partial charge in [-0.3, -0.25) is 4.79 Å². The van der Waals surface area contributed by atoms with Crippen LogP contribution in [0.3, 0.4) is 0 Å². The molecule has 0 atom stereocenters. The van der Waals surface area contributed by atoms with Crippen molar-refractivity contribution in [3.63, 3.8) is 0 Å². The molecule has 4 aromatic rings. The van der Waals surface area contributed by atoms with Gasteiger partial charge in [-0.1, -0.05) is 24.4 Å². The number of nitrogens with zero attached hydrogens (tertiary/aromatic N) is 1. The standard InChI is InChI=1S/C29H27Cl2NO3/c30-16-3-17-34-23-10-6-20(7-11-23)29(33)27-19-32(22-4-1-2-5-22)28-15-14-25(18-26(27)28)35-24-12-8-21(31)9-13-24/h6-15,18-19,22H,1-5,16-17H2. The minimum Gasteiger partial charge on any atom is -0.494 e. The van der Waals surface area contributed by atoms with Crippen LogP contribution in [0.2, 0.25) is 5.02 Å². The maximum absolute atomic E-state index is 13.6.